The Labute approximate surface area is 171 Å². The van der Waals surface area contributed by atoms with Gasteiger partial charge < -0.3 is 10.2 Å². The van der Waals surface area contributed by atoms with Gasteiger partial charge >= 0.3 is 0 Å². The van der Waals surface area contributed by atoms with Crippen LogP contribution in [0, 0.1) is 0 Å². The van der Waals surface area contributed by atoms with E-state index in [4.69, 9.17) is 0 Å². The third-order valence-corrected chi connectivity index (χ3v) is 3.71. The van der Waals surface area contributed by atoms with Gasteiger partial charge in [0.15, 0.2) is 5.96 Å². The number of halogens is 1. The number of pyridine rings is 1. The molecule has 0 bridgehead atoms. The van der Waals surface area contributed by atoms with Gasteiger partial charge in [-0.1, -0.05) is 36.4 Å². The molecule has 2 aromatic heterocycles. The molecule has 3 aromatic rings. The summed E-state index contributed by atoms with van der Waals surface area (Å²) in [6.07, 6.45) is 7.20. The second-order valence-electron chi connectivity index (χ2n) is 5.87. The first-order valence-corrected chi connectivity index (χ1v) is 8.15. The third-order valence-electron chi connectivity index (χ3n) is 3.71. The van der Waals surface area contributed by atoms with Crippen LogP contribution in [0.5, 0.6) is 0 Å². The molecule has 0 fully saturated rings. The number of guanidine groups is 1. The van der Waals surface area contributed by atoms with Crippen molar-refractivity contribution in [2.75, 3.05) is 14.1 Å². The molecular weight excluding hydrogens is 439 g/mol. The summed E-state index contributed by atoms with van der Waals surface area (Å²) in [6, 6.07) is 14.3. The number of benzene rings is 1. The van der Waals surface area contributed by atoms with E-state index >= 15 is 0 Å². The van der Waals surface area contributed by atoms with Crippen LogP contribution in [0.2, 0.25) is 0 Å². The lowest BCUT2D eigenvalue weighted by atomic mass is 10.2. The van der Waals surface area contributed by atoms with E-state index in [9.17, 15) is 0 Å². The summed E-state index contributed by atoms with van der Waals surface area (Å²) < 4.78 is 1.87. The van der Waals surface area contributed by atoms with Crippen molar-refractivity contribution in [2.45, 2.75) is 13.1 Å². The zero-order chi connectivity index (χ0) is 17.5. The topological polar surface area (TPSA) is 58.3 Å². The van der Waals surface area contributed by atoms with E-state index in [-0.39, 0.29) is 24.0 Å². The summed E-state index contributed by atoms with van der Waals surface area (Å²) in [5.74, 6) is 1.70. The van der Waals surface area contributed by atoms with Crippen LogP contribution in [0.3, 0.4) is 0 Å². The molecule has 0 saturated heterocycles. The Bertz CT molecular complexity index is 798. The highest BCUT2D eigenvalue weighted by Gasteiger charge is 2.03. The number of hydrogen-bond acceptors (Lipinski definition) is 3. The Hall–Kier alpha value is -2.42. The number of aromatic nitrogens is 3. The van der Waals surface area contributed by atoms with Crippen molar-refractivity contribution in [3.63, 3.8) is 0 Å². The van der Waals surface area contributed by atoms with Gasteiger partial charge in [-0.25, -0.2) is 15.0 Å². The summed E-state index contributed by atoms with van der Waals surface area (Å²) in [7, 11) is 3.97. The van der Waals surface area contributed by atoms with E-state index in [2.05, 4.69) is 32.4 Å². The molecule has 7 heteroatoms. The quantitative estimate of drug-likeness (QED) is 0.360. The minimum Gasteiger partial charge on any atom is -0.352 e. The van der Waals surface area contributed by atoms with Gasteiger partial charge in [-0.3, -0.25) is 4.57 Å². The van der Waals surface area contributed by atoms with Crippen molar-refractivity contribution >= 4 is 29.9 Å². The highest BCUT2D eigenvalue weighted by molar-refractivity contribution is 14.0. The van der Waals surface area contributed by atoms with Gasteiger partial charge in [0.25, 0.3) is 0 Å². The zero-order valence-corrected chi connectivity index (χ0v) is 17.2. The van der Waals surface area contributed by atoms with Crippen molar-refractivity contribution in [3.05, 3.63) is 78.5 Å². The highest BCUT2D eigenvalue weighted by Crippen LogP contribution is 2.06. The standard InChI is InChI=1S/C19H22N6.HI/c1-24(2)19(22-12-16-6-4-3-5-7-16)23-14-17-8-9-18(21-13-17)25-11-10-20-15-25;/h3-11,13,15H,12,14H2,1-2H3,(H,22,23);1H. The smallest absolute Gasteiger partial charge is 0.194 e. The molecule has 0 aliphatic carbocycles. The SMILES string of the molecule is CN(C)C(=NCc1ccc(-n2ccnc2)nc1)NCc1ccccc1.I. The first-order chi connectivity index (χ1) is 12.2. The Kier molecular flexibility index (Phi) is 7.58. The lowest BCUT2D eigenvalue weighted by Gasteiger charge is -2.17. The minimum atomic E-state index is 0. The molecule has 1 N–H and O–H groups in total. The van der Waals surface area contributed by atoms with Gasteiger partial charge in [-0.2, -0.15) is 0 Å². The van der Waals surface area contributed by atoms with Gasteiger partial charge in [0.2, 0.25) is 0 Å². The Morgan fingerprint density at radius 2 is 1.92 bits per heavy atom. The monoisotopic (exact) mass is 462 g/mol. The zero-order valence-electron chi connectivity index (χ0n) is 14.9. The molecular formula is C19H23IN6. The average molecular weight is 462 g/mol. The first-order valence-electron chi connectivity index (χ1n) is 8.15. The number of nitrogens with zero attached hydrogens (tertiary/aromatic N) is 5. The van der Waals surface area contributed by atoms with Gasteiger partial charge in [-0.15, -0.1) is 24.0 Å². The molecule has 2 heterocycles. The predicted octanol–water partition coefficient (Wildman–Crippen LogP) is 3.09. The molecule has 3 rings (SSSR count). The third kappa shape index (κ3) is 5.55. The summed E-state index contributed by atoms with van der Waals surface area (Å²) in [5, 5.41) is 3.38. The first kappa shape index (κ1) is 19.9. The normalized spacial score (nSPS) is 10.9. The van der Waals surface area contributed by atoms with E-state index in [1.54, 1.807) is 12.5 Å². The van der Waals surface area contributed by atoms with Crippen LogP contribution in [-0.4, -0.2) is 39.5 Å². The summed E-state index contributed by atoms with van der Waals surface area (Å²) in [4.78, 5) is 15.1. The fourth-order valence-corrected chi connectivity index (χ4v) is 2.36. The number of aliphatic imine (C=N–C) groups is 1. The van der Waals surface area contributed by atoms with Crippen LogP contribution in [0.1, 0.15) is 11.1 Å². The summed E-state index contributed by atoms with van der Waals surface area (Å²) in [6.45, 7) is 1.32. The van der Waals surface area contributed by atoms with Crippen molar-refractivity contribution in [3.8, 4) is 5.82 Å². The van der Waals surface area contributed by atoms with E-state index in [1.807, 2.05) is 66.3 Å². The Balaban J connectivity index is 0.00000243. The Morgan fingerprint density at radius 1 is 1.12 bits per heavy atom. The fraction of sp³-hybridized carbons (Fsp3) is 0.211. The van der Waals surface area contributed by atoms with Crippen LogP contribution in [0.15, 0.2) is 72.4 Å². The van der Waals surface area contributed by atoms with E-state index in [1.165, 1.54) is 5.56 Å². The number of rotatable bonds is 5. The van der Waals surface area contributed by atoms with Crippen molar-refractivity contribution in [2.24, 2.45) is 4.99 Å². The lowest BCUT2D eigenvalue weighted by molar-refractivity contribution is 0.578. The van der Waals surface area contributed by atoms with Gasteiger partial charge in [-0.05, 0) is 17.2 Å². The van der Waals surface area contributed by atoms with Gasteiger partial charge in [0, 0.05) is 39.2 Å². The molecule has 0 atom stereocenters. The average Bonchev–Trinajstić information content (AvgIpc) is 3.17. The molecule has 0 amide bonds. The predicted molar refractivity (Wildman–Crippen MR) is 115 cm³/mol. The molecule has 0 spiro atoms. The van der Waals surface area contributed by atoms with Gasteiger partial charge in [0.05, 0.1) is 6.54 Å². The van der Waals surface area contributed by atoms with Crippen LogP contribution < -0.4 is 5.32 Å². The van der Waals surface area contributed by atoms with E-state index in [0.717, 1.165) is 23.9 Å². The molecule has 0 aliphatic rings. The number of nitrogens with one attached hydrogen (secondary N) is 1. The molecule has 1 aromatic carbocycles. The van der Waals surface area contributed by atoms with Crippen LogP contribution in [0.4, 0.5) is 0 Å². The number of imidazole rings is 1. The molecule has 6 nitrogen and oxygen atoms in total. The second kappa shape index (κ2) is 9.91. The molecule has 0 radical (unpaired) electrons. The second-order valence-corrected chi connectivity index (χ2v) is 5.87. The minimum absolute atomic E-state index is 0. The van der Waals surface area contributed by atoms with E-state index in [0.29, 0.717) is 6.54 Å². The molecule has 136 valence electrons. The Morgan fingerprint density at radius 3 is 2.54 bits per heavy atom. The summed E-state index contributed by atoms with van der Waals surface area (Å²) >= 11 is 0. The summed E-state index contributed by atoms with van der Waals surface area (Å²) in [5.41, 5.74) is 2.29. The lowest BCUT2D eigenvalue weighted by Crippen LogP contribution is -2.36. The maximum atomic E-state index is 4.67. The molecule has 0 unspecified atom stereocenters. The highest BCUT2D eigenvalue weighted by atomic mass is 127. The number of hydrogen-bond donors (Lipinski definition) is 1. The maximum absolute atomic E-state index is 4.67. The van der Waals surface area contributed by atoms with E-state index < -0.39 is 0 Å². The molecule has 0 aliphatic heterocycles. The van der Waals surface area contributed by atoms with Crippen LogP contribution >= 0.6 is 24.0 Å². The van der Waals surface area contributed by atoms with Crippen molar-refractivity contribution in [1.29, 1.82) is 0 Å². The fourth-order valence-electron chi connectivity index (χ4n) is 2.36. The molecule has 0 saturated carbocycles. The van der Waals surface area contributed by atoms with Crippen LogP contribution in [0.25, 0.3) is 5.82 Å². The van der Waals surface area contributed by atoms with Crippen molar-refractivity contribution < 1.29 is 0 Å². The largest absolute Gasteiger partial charge is 0.352 e. The maximum Gasteiger partial charge on any atom is 0.194 e. The molecule has 26 heavy (non-hydrogen) atoms. The van der Waals surface area contributed by atoms with Crippen LogP contribution in [-0.2, 0) is 13.1 Å². The van der Waals surface area contributed by atoms with Gasteiger partial charge in [0.1, 0.15) is 12.1 Å². The van der Waals surface area contributed by atoms with Crippen molar-refractivity contribution in [1.82, 2.24) is 24.8 Å².